The van der Waals surface area contributed by atoms with Crippen LogP contribution in [0.15, 0.2) is 22.1 Å². The van der Waals surface area contributed by atoms with Crippen molar-refractivity contribution in [2.75, 3.05) is 32.0 Å². The van der Waals surface area contributed by atoms with Gasteiger partial charge in [-0.25, -0.2) is 4.98 Å². The van der Waals surface area contributed by atoms with E-state index < -0.39 is 0 Å². The van der Waals surface area contributed by atoms with E-state index in [4.69, 9.17) is 4.42 Å². The summed E-state index contributed by atoms with van der Waals surface area (Å²) < 4.78 is 5.13. The Kier molecular flexibility index (Phi) is 9.25. The number of aromatic nitrogens is 1. The summed E-state index contributed by atoms with van der Waals surface area (Å²) in [6.45, 7) is 4.27. The molecule has 1 aliphatic rings. The lowest BCUT2D eigenvalue weighted by molar-refractivity contribution is -0.129. The van der Waals surface area contributed by atoms with Crippen LogP contribution in [0, 0.1) is 12.8 Å². The van der Waals surface area contributed by atoms with Gasteiger partial charge in [0.15, 0.2) is 5.13 Å². The molecule has 0 saturated carbocycles. The molecule has 2 aromatic heterocycles. The monoisotopic (exact) mass is 434 g/mol. The summed E-state index contributed by atoms with van der Waals surface area (Å²) in [7, 11) is 1.93. The number of amides is 2. The Balaban J connectivity index is 0.00000182. The van der Waals surface area contributed by atoms with Crippen LogP contribution in [0.4, 0.5) is 5.13 Å². The molecule has 1 fully saturated rings. The number of thiazole rings is 1. The third kappa shape index (κ3) is 5.93. The molecule has 1 aliphatic heterocycles. The number of aryl methyl sites for hydroxylation is 1. The van der Waals surface area contributed by atoms with Gasteiger partial charge < -0.3 is 14.6 Å². The number of carbonyl (C=O) groups excluding carboxylic acids is 2. The molecule has 150 valence electrons. The van der Waals surface area contributed by atoms with Crippen LogP contribution in [0.25, 0.3) is 0 Å². The lowest BCUT2D eigenvalue weighted by Crippen LogP contribution is -2.31. The van der Waals surface area contributed by atoms with Gasteiger partial charge >= 0.3 is 0 Å². The van der Waals surface area contributed by atoms with E-state index in [9.17, 15) is 9.59 Å². The van der Waals surface area contributed by atoms with Crippen LogP contribution < -0.4 is 10.6 Å². The van der Waals surface area contributed by atoms with E-state index in [1.165, 1.54) is 17.6 Å². The molecular formula is C17H24Cl2N4O3S. The van der Waals surface area contributed by atoms with Crippen molar-refractivity contribution in [2.24, 2.45) is 5.92 Å². The second-order valence-electron chi connectivity index (χ2n) is 6.22. The summed E-state index contributed by atoms with van der Waals surface area (Å²) in [5, 5.41) is 8.21. The van der Waals surface area contributed by atoms with E-state index in [2.05, 4.69) is 15.6 Å². The molecule has 1 unspecified atom stereocenters. The van der Waals surface area contributed by atoms with Gasteiger partial charge in [0.1, 0.15) is 5.76 Å². The molecule has 10 heteroatoms. The number of nitrogens with one attached hydrogen (secondary N) is 2. The number of anilines is 1. The average Bonchev–Trinajstić information content (AvgIpc) is 3.29. The standard InChI is InChI=1S/C17H22N4O3S.2ClH/c1-11-14(4-6-24-11)16(23)20-17-19-13(10-25-17)7-15(22)21-5-3-12(9-21)8-18-2;;/h4,6,10,12,18H,3,5,7-9H2,1-2H3,(H,19,20,23);2*1H. The molecule has 0 aromatic carbocycles. The maximum Gasteiger partial charge on any atom is 0.260 e. The topological polar surface area (TPSA) is 87.5 Å². The number of nitrogens with zero attached hydrogens (tertiary/aromatic N) is 2. The van der Waals surface area contributed by atoms with Gasteiger partial charge in [-0.05, 0) is 38.9 Å². The molecule has 3 rings (SSSR count). The van der Waals surface area contributed by atoms with Crippen molar-refractivity contribution >= 4 is 53.1 Å². The Morgan fingerprint density at radius 2 is 2.19 bits per heavy atom. The summed E-state index contributed by atoms with van der Waals surface area (Å²) in [4.78, 5) is 30.8. The molecule has 27 heavy (non-hydrogen) atoms. The Hall–Kier alpha value is -1.61. The second kappa shape index (κ2) is 10.7. The fourth-order valence-corrected chi connectivity index (χ4v) is 3.72. The number of halogens is 2. The normalized spacial score (nSPS) is 15.8. The fourth-order valence-electron chi connectivity index (χ4n) is 3.01. The van der Waals surface area contributed by atoms with Gasteiger partial charge in [0.05, 0.1) is 23.9 Å². The van der Waals surface area contributed by atoms with E-state index in [0.29, 0.717) is 28.1 Å². The van der Waals surface area contributed by atoms with Crippen LogP contribution in [0.2, 0.25) is 0 Å². The highest BCUT2D eigenvalue weighted by Crippen LogP contribution is 2.20. The van der Waals surface area contributed by atoms with Gasteiger partial charge in [-0.15, -0.1) is 36.2 Å². The molecule has 0 spiro atoms. The van der Waals surface area contributed by atoms with Crippen molar-refractivity contribution in [1.82, 2.24) is 15.2 Å². The first kappa shape index (κ1) is 23.4. The van der Waals surface area contributed by atoms with Gasteiger partial charge in [-0.2, -0.15) is 0 Å². The number of furan rings is 1. The molecule has 2 aromatic rings. The molecule has 0 radical (unpaired) electrons. The van der Waals surface area contributed by atoms with Crippen molar-refractivity contribution in [3.8, 4) is 0 Å². The highest BCUT2D eigenvalue weighted by Gasteiger charge is 2.26. The first-order valence-corrected chi connectivity index (χ1v) is 9.17. The summed E-state index contributed by atoms with van der Waals surface area (Å²) in [6, 6.07) is 1.62. The molecular weight excluding hydrogens is 411 g/mol. The fraction of sp³-hybridized carbons (Fsp3) is 0.471. The maximum absolute atomic E-state index is 12.4. The Morgan fingerprint density at radius 1 is 1.41 bits per heavy atom. The molecule has 7 nitrogen and oxygen atoms in total. The first-order chi connectivity index (χ1) is 12.1. The van der Waals surface area contributed by atoms with Crippen LogP contribution in [-0.2, 0) is 11.2 Å². The minimum Gasteiger partial charge on any atom is -0.469 e. The van der Waals surface area contributed by atoms with Gasteiger partial charge in [0, 0.05) is 18.5 Å². The van der Waals surface area contributed by atoms with E-state index in [1.54, 1.807) is 13.0 Å². The van der Waals surface area contributed by atoms with E-state index in [-0.39, 0.29) is 43.0 Å². The SMILES string of the molecule is CNCC1CCN(C(=O)Cc2csc(NC(=O)c3ccoc3C)n2)C1.Cl.Cl. The first-order valence-electron chi connectivity index (χ1n) is 8.29. The second-order valence-corrected chi connectivity index (χ2v) is 7.08. The van der Waals surface area contributed by atoms with Gasteiger partial charge in [0.2, 0.25) is 5.91 Å². The number of likely N-dealkylation sites (tertiary alicyclic amines) is 1. The average molecular weight is 435 g/mol. The molecule has 2 N–H and O–H groups in total. The van der Waals surface area contributed by atoms with Gasteiger partial charge in [0.25, 0.3) is 5.91 Å². The van der Waals surface area contributed by atoms with Crippen molar-refractivity contribution in [3.05, 3.63) is 34.7 Å². The van der Waals surface area contributed by atoms with Crippen LogP contribution in [0.3, 0.4) is 0 Å². The lowest BCUT2D eigenvalue weighted by Gasteiger charge is -2.15. The minimum absolute atomic E-state index is 0. The molecule has 1 atom stereocenters. The molecule has 0 aliphatic carbocycles. The number of hydrogen-bond acceptors (Lipinski definition) is 6. The Labute approximate surface area is 174 Å². The highest BCUT2D eigenvalue weighted by molar-refractivity contribution is 7.14. The lowest BCUT2D eigenvalue weighted by atomic mass is 10.1. The summed E-state index contributed by atoms with van der Waals surface area (Å²) in [5.74, 6) is 0.924. The summed E-state index contributed by atoms with van der Waals surface area (Å²) in [6.07, 6.45) is 2.78. The van der Waals surface area contributed by atoms with E-state index in [1.807, 2.05) is 17.3 Å². The van der Waals surface area contributed by atoms with Crippen molar-refractivity contribution in [2.45, 2.75) is 19.8 Å². The van der Waals surface area contributed by atoms with Crippen LogP contribution in [-0.4, -0.2) is 48.4 Å². The van der Waals surface area contributed by atoms with E-state index in [0.717, 1.165) is 26.1 Å². The quantitative estimate of drug-likeness (QED) is 0.729. The van der Waals surface area contributed by atoms with Crippen LogP contribution in [0.1, 0.15) is 28.2 Å². The van der Waals surface area contributed by atoms with Crippen LogP contribution in [0.5, 0.6) is 0 Å². The highest BCUT2D eigenvalue weighted by atomic mass is 35.5. The predicted molar refractivity (Wildman–Crippen MR) is 110 cm³/mol. The molecule has 3 heterocycles. The van der Waals surface area contributed by atoms with Crippen LogP contribution >= 0.6 is 36.2 Å². The predicted octanol–water partition coefficient (Wildman–Crippen LogP) is 2.75. The van der Waals surface area contributed by atoms with Gasteiger partial charge in [-0.3, -0.25) is 14.9 Å². The van der Waals surface area contributed by atoms with Gasteiger partial charge in [-0.1, -0.05) is 0 Å². The van der Waals surface area contributed by atoms with Crippen molar-refractivity contribution < 1.29 is 14.0 Å². The largest absolute Gasteiger partial charge is 0.469 e. The molecule has 1 saturated heterocycles. The zero-order valence-electron chi connectivity index (χ0n) is 15.2. The zero-order valence-corrected chi connectivity index (χ0v) is 17.6. The maximum atomic E-state index is 12.4. The molecule has 2 amide bonds. The minimum atomic E-state index is -0.257. The summed E-state index contributed by atoms with van der Waals surface area (Å²) >= 11 is 1.32. The van der Waals surface area contributed by atoms with E-state index >= 15 is 0 Å². The Morgan fingerprint density at radius 3 is 2.85 bits per heavy atom. The number of rotatable bonds is 6. The third-order valence-corrected chi connectivity index (χ3v) is 5.15. The zero-order chi connectivity index (χ0) is 17.8. The van der Waals surface area contributed by atoms with Crippen molar-refractivity contribution in [3.63, 3.8) is 0 Å². The third-order valence-electron chi connectivity index (χ3n) is 4.34. The number of carbonyl (C=O) groups is 2. The Bertz CT molecular complexity index is 765. The number of hydrogen-bond donors (Lipinski definition) is 2. The van der Waals surface area contributed by atoms with Crippen molar-refractivity contribution in [1.29, 1.82) is 0 Å². The smallest absolute Gasteiger partial charge is 0.260 e. The summed E-state index contributed by atoms with van der Waals surface area (Å²) in [5.41, 5.74) is 1.17. The molecule has 0 bridgehead atoms.